The Bertz CT molecular complexity index is 342. The highest BCUT2D eigenvalue weighted by molar-refractivity contribution is 5.42. The predicted octanol–water partition coefficient (Wildman–Crippen LogP) is 2.64. The van der Waals surface area contributed by atoms with Gasteiger partial charge in [0, 0.05) is 18.3 Å². The summed E-state index contributed by atoms with van der Waals surface area (Å²) >= 11 is 0. The van der Waals surface area contributed by atoms with Gasteiger partial charge in [-0.05, 0) is 45.4 Å². The fraction of sp³-hybridized carbons (Fsp3) is 0.600. The van der Waals surface area contributed by atoms with Crippen molar-refractivity contribution in [3.63, 3.8) is 0 Å². The van der Waals surface area contributed by atoms with Gasteiger partial charge in [0.1, 0.15) is 0 Å². The molecule has 2 N–H and O–H groups in total. The molecule has 1 fully saturated rings. The van der Waals surface area contributed by atoms with E-state index in [0.29, 0.717) is 18.2 Å². The smallest absolute Gasteiger partial charge is 0.0704 e. The molecule has 1 aliphatic heterocycles. The molecule has 0 saturated carbocycles. The number of para-hydroxylation sites is 1. The van der Waals surface area contributed by atoms with Crippen LogP contribution >= 0.6 is 0 Å². The summed E-state index contributed by atoms with van der Waals surface area (Å²) in [6.07, 6.45) is 3.02. The van der Waals surface area contributed by atoms with Crippen molar-refractivity contribution in [2.24, 2.45) is 0 Å². The Balaban J connectivity index is 1.57. The number of hydrogen-bond acceptors (Lipinski definition) is 3. The van der Waals surface area contributed by atoms with Gasteiger partial charge in [-0.1, -0.05) is 18.2 Å². The van der Waals surface area contributed by atoms with Crippen molar-refractivity contribution in [1.29, 1.82) is 0 Å². The van der Waals surface area contributed by atoms with E-state index < -0.39 is 0 Å². The summed E-state index contributed by atoms with van der Waals surface area (Å²) in [7, 11) is 0. The summed E-state index contributed by atoms with van der Waals surface area (Å²) in [5, 5.41) is 7.00. The maximum atomic E-state index is 5.72. The topological polar surface area (TPSA) is 33.3 Å². The highest BCUT2D eigenvalue weighted by atomic mass is 16.5. The molecule has 0 bridgehead atoms. The first-order valence-electron chi connectivity index (χ1n) is 6.93. The average Bonchev–Trinajstić information content (AvgIpc) is 2.69. The number of benzene rings is 1. The quantitative estimate of drug-likeness (QED) is 0.759. The van der Waals surface area contributed by atoms with Crippen LogP contribution in [-0.2, 0) is 4.74 Å². The van der Waals surface area contributed by atoms with Crippen molar-refractivity contribution in [3.05, 3.63) is 30.3 Å². The molecule has 2 rings (SSSR count). The molecule has 0 aliphatic carbocycles. The molecule has 3 unspecified atom stereocenters. The normalized spacial score (nSPS) is 27.3. The first kappa shape index (κ1) is 13.4. The van der Waals surface area contributed by atoms with E-state index >= 15 is 0 Å². The minimum atomic E-state index is 0.349. The minimum Gasteiger partial charge on any atom is -0.385 e. The first-order valence-corrected chi connectivity index (χ1v) is 6.93. The molecule has 1 saturated heterocycles. The predicted molar refractivity (Wildman–Crippen MR) is 76.0 cm³/mol. The molecule has 100 valence electrons. The summed E-state index contributed by atoms with van der Waals surface area (Å²) in [5.41, 5.74) is 1.20. The lowest BCUT2D eigenvalue weighted by Gasteiger charge is -2.16. The summed E-state index contributed by atoms with van der Waals surface area (Å²) in [6.45, 7) is 6.36. The standard InChI is InChI=1S/C15H24N2O/c1-12-11-15(13(2)18-12)17-10-6-9-16-14-7-4-3-5-8-14/h3-5,7-8,12-13,15-17H,6,9-11H2,1-2H3. The molecule has 0 aromatic heterocycles. The van der Waals surface area contributed by atoms with Crippen LogP contribution in [0.25, 0.3) is 0 Å². The summed E-state index contributed by atoms with van der Waals surface area (Å²) in [5.74, 6) is 0. The lowest BCUT2D eigenvalue weighted by Crippen LogP contribution is -2.35. The number of hydrogen-bond donors (Lipinski definition) is 2. The van der Waals surface area contributed by atoms with Crippen molar-refractivity contribution < 1.29 is 4.74 Å². The van der Waals surface area contributed by atoms with Crippen LogP contribution in [0.5, 0.6) is 0 Å². The monoisotopic (exact) mass is 248 g/mol. The van der Waals surface area contributed by atoms with Crippen LogP contribution in [0.3, 0.4) is 0 Å². The van der Waals surface area contributed by atoms with Crippen LogP contribution < -0.4 is 10.6 Å². The van der Waals surface area contributed by atoms with E-state index in [4.69, 9.17) is 4.74 Å². The van der Waals surface area contributed by atoms with E-state index in [0.717, 1.165) is 25.9 Å². The maximum Gasteiger partial charge on any atom is 0.0704 e. The van der Waals surface area contributed by atoms with Crippen molar-refractivity contribution in [3.8, 4) is 0 Å². The van der Waals surface area contributed by atoms with Gasteiger partial charge < -0.3 is 15.4 Å². The van der Waals surface area contributed by atoms with Gasteiger partial charge in [-0.25, -0.2) is 0 Å². The summed E-state index contributed by atoms with van der Waals surface area (Å²) in [4.78, 5) is 0. The molecule has 0 amide bonds. The molecule has 1 heterocycles. The molecule has 3 atom stereocenters. The van der Waals surface area contributed by atoms with Gasteiger partial charge >= 0.3 is 0 Å². The number of nitrogens with one attached hydrogen (secondary N) is 2. The Kier molecular flexibility index (Phi) is 5.02. The number of anilines is 1. The van der Waals surface area contributed by atoms with Gasteiger partial charge in [0.25, 0.3) is 0 Å². The van der Waals surface area contributed by atoms with Crippen LogP contribution in [0, 0.1) is 0 Å². The maximum absolute atomic E-state index is 5.72. The van der Waals surface area contributed by atoms with E-state index in [2.05, 4.69) is 48.7 Å². The highest BCUT2D eigenvalue weighted by Gasteiger charge is 2.28. The lowest BCUT2D eigenvalue weighted by molar-refractivity contribution is 0.0606. The molecule has 0 spiro atoms. The molecule has 0 radical (unpaired) electrons. The molecule has 1 aliphatic rings. The molecule has 3 heteroatoms. The van der Waals surface area contributed by atoms with Gasteiger partial charge in [0.05, 0.1) is 12.2 Å². The molecule has 18 heavy (non-hydrogen) atoms. The third-order valence-electron chi connectivity index (χ3n) is 3.46. The van der Waals surface area contributed by atoms with E-state index in [-0.39, 0.29) is 0 Å². The summed E-state index contributed by atoms with van der Waals surface area (Å²) < 4.78 is 5.72. The zero-order valence-corrected chi connectivity index (χ0v) is 11.4. The second-order valence-corrected chi connectivity index (χ2v) is 5.09. The van der Waals surface area contributed by atoms with E-state index in [9.17, 15) is 0 Å². The van der Waals surface area contributed by atoms with E-state index in [1.165, 1.54) is 5.69 Å². The number of rotatable bonds is 6. The van der Waals surface area contributed by atoms with Gasteiger partial charge in [-0.3, -0.25) is 0 Å². The lowest BCUT2D eigenvalue weighted by atomic mass is 10.1. The Morgan fingerprint density at radius 1 is 1.17 bits per heavy atom. The highest BCUT2D eigenvalue weighted by Crippen LogP contribution is 2.19. The van der Waals surface area contributed by atoms with Crippen molar-refractivity contribution in [2.45, 2.75) is 44.9 Å². The Morgan fingerprint density at radius 2 is 1.94 bits per heavy atom. The second-order valence-electron chi connectivity index (χ2n) is 5.09. The first-order chi connectivity index (χ1) is 8.75. The fourth-order valence-corrected chi connectivity index (χ4v) is 2.48. The third-order valence-corrected chi connectivity index (χ3v) is 3.46. The van der Waals surface area contributed by atoms with Gasteiger partial charge in [-0.2, -0.15) is 0 Å². The third kappa shape index (κ3) is 4.00. The Labute approximate surface area is 110 Å². The zero-order chi connectivity index (χ0) is 12.8. The Hall–Kier alpha value is -1.06. The average molecular weight is 248 g/mol. The van der Waals surface area contributed by atoms with Crippen LogP contribution in [0.2, 0.25) is 0 Å². The van der Waals surface area contributed by atoms with Crippen molar-refractivity contribution >= 4 is 5.69 Å². The fourth-order valence-electron chi connectivity index (χ4n) is 2.48. The molecule has 1 aromatic carbocycles. The van der Waals surface area contributed by atoms with Crippen LogP contribution in [0.4, 0.5) is 5.69 Å². The second kappa shape index (κ2) is 6.76. The summed E-state index contributed by atoms with van der Waals surface area (Å²) in [6, 6.07) is 10.9. The zero-order valence-electron chi connectivity index (χ0n) is 11.4. The van der Waals surface area contributed by atoms with Crippen LogP contribution in [-0.4, -0.2) is 31.3 Å². The van der Waals surface area contributed by atoms with Crippen molar-refractivity contribution in [2.75, 3.05) is 18.4 Å². The van der Waals surface area contributed by atoms with E-state index in [1.807, 2.05) is 6.07 Å². The number of ether oxygens (including phenoxy) is 1. The SMILES string of the molecule is CC1CC(NCCCNc2ccccc2)C(C)O1. The van der Waals surface area contributed by atoms with Crippen LogP contribution in [0.1, 0.15) is 26.7 Å². The molecular weight excluding hydrogens is 224 g/mol. The Morgan fingerprint density at radius 3 is 2.61 bits per heavy atom. The molecule has 3 nitrogen and oxygen atoms in total. The van der Waals surface area contributed by atoms with Crippen LogP contribution in [0.15, 0.2) is 30.3 Å². The van der Waals surface area contributed by atoms with Crippen molar-refractivity contribution in [1.82, 2.24) is 5.32 Å². The van der Waals surface area contributed by atoms with Gasteiger partial charge in [-0.15, -0.1) is 0 Å². The van der Waals surface area contributed by atoms with E-state index in [1.54, 1.807) is 0 Å². The van der Waals surface area contributed by atoms with Gasteiger partial charge in [0.15, 0.2) is 0 Å². The molecule has 1 aromatic rings. The largest absolute Gasteiger partial charge is 0.385 e. The van der Waals surface area contributed by atoms with Gasteiger partial charge in [0.2, 0.25) is 0 Å². The molecular formula is C15H24N2O. The minimum absolute atomic E-state index is 0.349.